The van der Waals surface area contributed by atoms with Crippen molar-refractivity contribution in [1.82, 2.24) is 9.55 Å². The first-order chi connectivity index (χ1) is 13.0. The lowest BCUT2D eigenvalue weighted by molar-refractivity contribution is -0.114. The Kier molecular flexibility index (Phi) is 5.85. The van der Waals surface area contributed by atoms with Gasteiger partial charge in [0.15, 0.2) is 4.77 Å². The normalized spacial score (nSPS) is 15.1. The van der Waals surface area contributed by atoms with Crippen LogP contribution in [0.15, 0.2) is 34.1 Å². The van der Waals surface area contributed by atoms with Crippen molar-refractivity contribution in [2.24, 2.45) is 4.99 Å². The molecule has 1 aliphatic carbocycles. The van der Waals surface area contributed by atoms with Crippen LogP contribution in [-0.4, -0.2) is 26.8 Å². The summed E-state index contributed by atoms with van der Waals surface area (Å²) in [5.74, 6) is -0.298. The van der Waals surface area contributed by atoms with E-state index in [9.17, 15) is 14.7 Å². The highest BCUT2D eigenvalue weighted by Gasteiger charge is 2.21. The zero-order chi connectivity index (χ0) is 19.4. The van der Waals surface area contributed by atoms with Gasteiger partial charge in [-0.25, -0.2) is 0 Å². The number of aromatic nitrogens is 2. The molecule has 1 heterocycles. The molecule has 0 spiro atoms. The summed E-state index contributed by atoms with van der Waals surface area (Å²) in [6, 6.07) is 6.94. The Bertz CT molecular complexity index is 970. The first-order valence-electron chi connectivity index (χ1n) is 8.95. The van der Waals surface area contributed by atoms with Gasteiger partial charge in [-0.1, -0.05) is 19.3 Å². The van der Waals surface area contributed by atoms with Crippen LogP contribution in [0.5, 0.6) is 5.88 Å². The lowest BCUT2D eigenvalue weighted by Crippen LogP contribution is -2.22. The maximum atomic E-state index is 12.3. The van der Waals surface area contributed by atoms with E-state index in [-0.39, 0.29) is 28.2 Å². The molecular weight excluding hydrogens is 364 g/mol. The largest absolute Gasteiger partial charge is 0.494 e. The van der Waals surface area contributed by atoms with Gasteiger partial charge in [-0.2, -0.15) is 0 Å². The average Bonchev–Trinajstić information content (AvgIpc) is 2.63. The van der Waals surface area contributed by atoms with Crippen LogP contribution in [0.4, 0.5) is 11.4 Å². The predicted molar refractivity (Wildman–Crippen MR) is 108 cm³/mol. The van der Waals surface area contributed by atoms with Crippen LogP contribution in [0.3, 0.4) is 0 Å². The second-order valence-corrected chi connectivity index (χ2v) is 7.03. The third-order valence-corrected chi connectivity index (χ3v) is 4.92. The van der Waals surface area contributed by atoms with Gasteiger partial charge in [0.2, 0.25) is 11.8 Å². The summed E-state index contributed by atoms with van der Waals surface area (Å²) in [6.45, 7) is 1.44. The number of aromatic amines is 1. The molecule has 0 bridgehead atoms. The summed E-state index contributed by atoms with van der Waals surface area (Å²) in [4.78, 5) is 30.2. The fourth-order valence-electron chi connectivity index (χ4n) is 3.32. The van der Waals surface area contributed by atoms with Crippen molar-refractivity contribution in [3.05, 3.63) is 45.0 Å². The van der Waals surface area contributed by atoms with Gasteiger partial charge in [-0.3, -0.25) is 24.1 Å². The van der Waals surface area contributed by atoms with Gasteiger partial charge in [0.1, 0.15) is 5.56 Å². The van der Waals surface area contributed by atoms with Crippen LogP contribution in [0.25, 0.3) is 0 Å². The lowest BCUT2D eigenvalue weighted by Gasteiger charge is -2.25. The summed E-state index contributed by atoms with van der Waals surface area (Å²) in [5, 5.41) is 13.3. The van der Waals surface area contributed by atoms with Gasteiger partial charge in [0, 0.05) is 24.9 Å². The number of rotatable bonds is 4. The van der Waals surface area contributed by atoms with E-state index in [1.807, 2.05) is 0 Å². The van der Waals surface area contributed by atoms with Crippen LogP contribution in [0, 0.1) is 4.77 Å². The zero-order valence-electron chi connectivity index (χ0n) is 15.1. The topological polar surface area (TPSA) is 99.5 Å². The maximum absolute atomic E-state index is 12.3. The van der Waals surface area contributed by atoms with Crippen LogP contribution in [-0.2, 0) is 4.79 Å². The zero-order valence-corrected chi connectivity index (χ0v) is 15.9. The van der Waals surface area contributed by atoms with Crippen molar-refractivity contribution in [3.8, 4) is 5.88 Å². The van der Waals surface area contributed by atoms with E-state index < -0.39 is 5.56 Å². The molecular formula is C19H22N4O3S. The van der Waals surface area contributed by atoms with Gasteiger partial charge < -0.3 is 10.4 Å². The third-order valence-electron chi connectivity index (χ3n) is 4.62. The monoisotopic (exact) mass is 386 g/mol. The molecule has 1 aliphatic rings. The molecule has 1 aromatic carbocycles. The van der Waals surface area contributed by atoms with Crippen molar-refractivity contribution in [2.45, 2.75) is 45.1 Å². The highest BCUT2D eigenvalue weighted by Crippen LogP contribution is 2.31. The summed E-state index contributed by atoms with van der Waals surface area (Å²) < 4.78 is 1.87. The number of nitrogens with zero attached hydrogens (tertiary/aromatic N) is 2. The second-order valence-electron chi connectivity index (χ2n) is 6.64. The molecule has 1 aromatic heterocycles. The Morgan fingerprint density at radius 2 is 1.96 bits per heavy atom. The molecule has 0 radical (unpaired) electrons. The highest BCUT2D eigenvalue weighted by atomic mass is 32.1. The van der Waals surface area contributed by atoms with E-state index in [4.69, 9.17) is 12.2 Å². The van der Waals surface area contributed by atoms with Crippen molar-refractivity contribution in [1.29, 1.82) is 0 Å². The van der Waals surface area contributed by atoms with E-state index in [0.717, 1.165) is 25.7 Å². The Labute approximate surface area is 161 Å². The Hall–Kier alpha value is -2.74. The van der Waals surface area contributed by atoms with Gasteiger partial charge in [0.05, 0.1) is 5.69 Å². The number of hydrogen-bond donors (Lipinski definition) is 3. The van der Waals surface area contributed by atoms with Crippen molar-refractivity contribution in [3.63, 3.8) is 0 Å². The predicted octanol–water partition coefficient (Wildman–Crippen LogP) is 3.83. The number of H-pyrrole nitrogens is 1. The molecule has 0 atom stereocenters. The number of benzene rings is 1. The minimum atomic E-state index is -0.469. The van der Waals surface area contributed by atoms with Crippen LogP contribution >= 0.6 is 12.2 Å². The Balaban J connectivity index is 1.90. The van der Waals surface area contributed by atoms with Gasteiger partial charge in [-0.05, 0) is 49.3 Å². The minimum Gasteiger partial charge on any atom is -0.494 e. The summed E-state index contributed by atoms with van der Waals surface area (Å²) in [6.07, 6.45) is 6.53. The van der Waals surface area contributed by atoms with E-state index >= 15 is 0 Å². The number of hydrogen-bond acceptors (Lipinski definition) is 5. The molecule has 1 fully saturated rings. The SMILES string of the molecule is CC(=O)Nc1ccc(N=Cc2c(O)n(C3CCCCC3)c(=S)[nH]c2=O)cc1. The first-order valence-corrected chi connectivity index (χ1v) is 9.36. The number of carbonyl (C=O) groups excluding carboxylic acids is 1. The molecule has 0 unspecified atom stereocenters. The molecule has 0 aliphatic heterocycles. The molecule has 2 aromatic rings. The molecule has 7 nitrogen and oxygen atoms in total. The van der Waals surface area contributed by atoms with Gasteiger partial charge in [0.25, 0.3) is 5.56 Å². The Morgan fingerprint density at radius 3 is 2.59 bits per heavy atom. The van der Waals surface area contributed by atoms with Crippen molar-refractivity contribution >= 4 is 35.7 Å². The lowest BCUT2D eigenvalue weighted by atomic mass is 9.95. The van der Waals surface area contributed by atoms with Crippen LogP contribution in [0.1, 0.15) is 50.6 Å². The van der Waals surface area contributed by atoms with E-state index in [1.54, 1.807) is 28.8 Å². The summed E-state index contributed by atoms with van der Waals surface area (Å²) in [7, 11) is 0. The number of nitrogens with one attached hydrogen (secondary N) is 2. The Morgan fingerprint density at radius 1 is 1.30 bits per heavy atom. The first kappa shape index (κ1) is 19.0. The number of aromatic hydroxyl groups is 1. The number of anilines is 1. The molecule has 0 saturated heterocycles. The number of amides is 1. The molecule has 1 amide bonds. The van der Waals surface area contributed by atoms with Crippen molar-refractivity contribution < 1.29 is 9.90 Å². The molecule has 1 saturated carbocycles. The van der Waals surface area contributed by atoms with Crippen LogP contribution in [0.2, 0.25) is 0 Å². The van der Waals surface area contributed by atoms with Gasteiger partial charge >= 0.3 is 0 Å². The average molecular weight is 386 g/mol. The number of aliphatic imine (C=N–C) groups is 1. The van der Waals surface area contributed by atoms with Gasteiger partial charge in [-0.15, -0.1) is 0 Å². The minimum absolute atomic E-state index is 0.0834. The molecule has 27 heavy (non-hydrogen) atoms. The molecule has 142 valence electrons. The van der Waals surface area contributed by atoms with Crippen molar-refractivity contribution in [2.75, 3.05) is 5.32 Å². The molecule has 3 N–H and O–H groups in total. The smallest absolute Gasteiger partial charge is 0.264 e. The fraction of sp³-hybridized carbons (Fsp3) is 0.368. The second kappa shape index (κ2) is 8.30. The van der Waals surface area contributed by atoms with E-state index in [2.05, 4.69) is 15.3 Å². The number of carbonyl (C=O) groups is 1. The highest BCUT2D eigenvalue weighted by molar-refractivity contribution is 7.71. The maximum Gasteiger partial charge on any atom is 0.264 e. The summed E-state index contributed by atoms with van der Waals surface area (Å²) in [5.41, 5.74) is 0.866. The molecule has 8 heteroatoms. The molecule has 3 rings (SSSR count). The van der Waals surface area contributed by atoms with E-state index in [0.29, 0.717) is 11.4 Å². The quantitative estimate of drug-likeness (QED) is 0.549. The summed E-state index contributed by atoms with van der Waals surface area (Å²) >= 11 is 5.26. The van der Waals surface area contributed by atoms with Crippen LogP contribution < -0.4 is 10.9 Å². The van der Waals surface area contributed by atoms with E-state index in [1.165, 1.54) is 19.6 Å². The third kappa shape index (κ3) is 4.51. The fourth-order valence-corrected chi connectivity index (χ4v) is 3.65. The standard InChI is InChI=1S/C19H22N4O3S/c1-12(24)21-14-9-7-13(8-10-14)20-11-16-17(25)22-19(27)23(18(16)26)15-5-3-2-4-6-15/h7-11,15,26H,2-6H2,1H3,(H,21,24)(H,22,25,27).